The van der Waals surface area contributed by atoms with E-state index >= 15 is 0 Å². The molecule has 2 amide bonds. The Hall–Kier alpha value is -2.34. The number of ether oxygens (including phenoxy) is 1. The third-order valence-electron chi connectivity index (χ3n) is 4.38. The molecule has 0 unspecified atom stereocenters. The predicted octanol–water partition coefficient (Wildman–Crippen LogP) is 2.10. The van der Waals surface area contributed by atoms with Gasteiger partial charge in [-0.1, -0.05) is 18.2 Å². The molecule has 1 aliphatic heterocycles. The van der Waals surface area contributed by atoms with E-state index in [4.69, 9.17) is 9.15 Å². The highest BCUT2D eigenvalue weighted by Gasteiger charge is 2.34. The molecule has 1 aromatic heterocycles. The van der Waals surface area contributed by atoms with Gasteiger partial charge in [-0.2, -0.15) is 0 Å². The van der Waals surface area contributed by atoms with Gasteiger partial charge in [0.1, 0.15) is 11.3 Å². The van der Waals surface area contributed by atoms with Gasteiger partial charge in [0.25, 0.3) is 0 Å². The van der Waals surface area contributed by atoms with Crippen molar-refractivity contribution in [3.63, 3.8) is 0 Å². The minimum atomic E-state index is -0.318. The second-order valence-electron chi connectivity index (χ2n) is 6.15. The summed E-state index contributed by atoms with van der Waals surface area (Å²) in [5.74, 6) is 0.283. The van der Waals surface area contributed by atoms with E-state index in [-0.39, 0.29) is 30.2 Å². The third kappa shape index (κ3) is 3.43. The molecule has 24 heavy (non-hydrogen) atoms. The Morgan fingerprint density at radius 2 is 2.25 bits per heavy atom. The number of methoxy groups -OCH3 is 1. The summed E-state index contributed by atoms with van der Waals surface area (Å²) in [7, 11) is 1.60. The lowest BCUT2D eigenvalue weighted by Gasteiger charge is -2.17. The first-order valence-electron chi connectivity index (χ1n) is 8.14. The third-order valence-corrected chi connectivity index (χ3v) is 4.38. The number of nitrogens with one attached hydrogen (secondary N) is 1. The van der Waals surface area contributed by atoms with Crippen molar-refractivity contribution in [3.05, 3.63) is 36.1 Å². The summed E-state index contributed by atoms with van der Waals surface area (Å²) in [6, 6.07) is 9.43. The molecule has 0 spiro atoms. The van der Waals surface area contributed by atoms with E-state index in [9.17, 15) is 9.59 Å². The predicted molar refractivity (Wildman–Crippen MR) is 89.3 cm³/mol. The number of amides is 2. The highest BCUT2D eigenvalue weighted by molar-refractivity contribution is 5.89. The molecule has 2 aromatic rings. The van der Waals surface area contributed by atoms with Crippen LogP contribution in [-0.4, -0.2) is 43.5 Å². The minimum Gasteiger partial charge on any atom is -0.459 e. The maximum Gasteiger partial charge on any atom is 0.226 e. The number of carbonyl (C=O) groups excluding carboxylic acids is 2. The standard InChI is InChI=1S/C18H22N2O4/c1-12(16-9-13-5-3-4-6-15(13)24-16)19-18(22)14-10-17(21)20(11-14)7-8-23-2/h3-6,9,12,14H,7-8,10-11H2,1-2H3,(H,19,22)/t12-,14-/m1/s1. The fourth-order valence-electron chi connectivity index (χ4n) is 2.98. The molecule has 3 rings (SSSR count). The van der Waals surface area contributed by atoms with Crippen LogP contribution < -0.4 is 5.32 Å². The number of furan rings is 1. The number of hydrogen-bond acceptors (Lipinski definition) is 4. The van der Waals surface area contributed by atoms with Crippen LogP contribution in [-0.2, 0) is 14.3 Å². The van der Waals surface area contributed by atoms with Gasteiger partial charge in [-0.15, -0.1) is 0 Å². The fraction of sp³-hybridized carbons (Fsp3) is 0.444. The summed E-state index contributed by atoms with van der Waals surface area (Å²) in [5, 5.41) is 3.96. The largest absolute Gasteiger partial charge is 0.459 e. The van der Waals surface area contributed by atoms with Crippen LogP contribution in [0.3, 0.4) is 0 Å². The molecule has 1 fully saturated rings. The van der Waals surface area contributed by atoms with Crippen LogP contribution in [0.4, 0.5) is 0 Å². The molecule has 1 N–H and O–H groups in total. The fourth-order valence-corrected chi connectivity index (χ4v) is 2.98. The SMILES string of the molecule is COCCN1C[C@H](C(=O)N[C@H](C)c2cc3ccccc3o2)CC1=O. The van der Waals surface area contributed by atoms with Crippen molar-refractivity contribution in [2.45, 2.75) is 19.4 Å². The summed E-state index contributed by atoms with van der Waals surface area (Å²) in [5.41, 5.74) is 0.801. The average Bonchev–Trinajstić information content (AvgIpc) is 3.16. The van der Waals surface area contributed by atoms with Crippen molar-refractivity contribution < 1.29 is 18.7 Å². The number of carbonyl (C=O) groups is 2. The van der Waals surface area contributed by atoms with E-state index in [1.807, 2.05) is 37.3 Å². The maximum atomic E-state index is 12.4. The first-order chi connectivity index (χ1) is 11.6. The smallest absolute Gasteiger partial charge is 0.226 e. The first-order valence-corrected chi connectivity index (χ1v) is 8.14. The minimum absolute atomic E-state index is 0.00332. The Balaban J connectivity index is 1.61. The van der Waals surface area contributed by atoms with E-state index < -0.39 is 0 Å². The summed E-state index contributed by atoms with van der Waals surface area (Å²) >= 11 is 0. The normalized spacial score (nSPS) is 19.0. The highest BCUT2D eigenvalue weighted by Crippen LogP contribution is 2.25. The van der Waals surface area contributed by atoms with Gasteiger partial charge < -0.3 is 19.4 Å². The summed E-state index contributed by atoms with van der Waals surface area (Å²) in [4.78, 5) is 26.1. The first kappa shape index (κ1) is 16.5. The summed E-state index contributed by atoms with van der Waals surface area (Å²) in [6.45, 7) is 3.34. The Bertz CT molecular complexity index is 706. The number of fused-ring (bicyclic) bond motifs is 1. The van der Waals surface area contributed by atoms with Gasteiger partial charge >= 0.3 is 0 Å². The second kappa shape index (κ2) is 7.05. The number of hydrogen-bond donors (Lipinski definition) is 1. The number of benzene rings is 1. The maximum absolute atomic E-state index is 12.4. The Morgan fingerprint density at radius 3 is 3.00 bits per heavy atom. The van der Waals surface area contributed by atoms with E-state index in [0.29, 0.717) is 25.5 Å². The molecule has 6 heteroatoms. The molecule has 1 saturated heterocycles. The molecular weight excluding hydrogens is 308 g/mol. The van der Waals surface area contributed by atoms with Crippen LogP contribution in [0.2, 0.25) is 0 Å². The number of rotatable bonds is 6. The number of nitrogens with zero attached hydrogens (tertiary/aromatic N) is 1. The molecule has 2 atom stereocenters. The molecule has 0 aliphatic carbocycles. The van der Waals surface area contributed by atoms with Crippen LogP contribution >= 0.6 is 0 Å². The quantitative estimate of drug-likeness (QED) is 0.880. The lowest BCUT2D eigenvalue weighted by atomic mass is 10.1. The summed E-state index contributed by atoms with van der Waals surface area (Å²) < 4.78 is 10.8. The van der Waals surface area contributed by atoms with Gasteiger partial charge in [-0.25, -0.2) is 0 Å². The molecule has 1 aromatic carbocycles. The zero-order chi connectivity index (χ0) is 17.1. The van der Waals surface area contributed by atoms with Gasteiger partial charge in [0.05, 0.1) is 18.6 Å². The van der Waals surface area contributed by atoms with Gasteiger partial charge in [0.15, 0.2) is 0 Å². The van der Waals surface area contributed by atoms with E-state index in [1.165, 1.54) is 0 Å². The Kier molecular flexibility index (Phi) is 4.85. The van der Waals surface area contributed by atoms with Crippen LogP contribution in [0, 0.1) is 5.92 Å². The van der Waals surface area contributed by atoms with Crippen LogP contribution in [0.5, 0.6) is 0 Å². The van der Waals surface area contributed by atoms with E-state index in [1.54, 1.807) is 12.0 Å². The van der Waals surface area contributed by atoms with Gasteiger partial charge in [0, 0.05) is 32.0 Å². The summed E-state index contributed by atoms with van der Waals surface area (Å²) in [6.07, 6.45) is 0.252. The molecule has 128 valence electrons. The number of likely N-dealkylation sites (tertiary alicyclic amines) is 1. The number of para-hydroxylation sites is 1. The lowest BCUT2D eigenvalue weighted by Crippen LogP contribution is -2.35. The monoisotopic (exact) mass is 330 g/mol. The van der Waals surface area contributed by atoms with E-state index in [2.05, 4.69) is 5.32 Å². The van der Waals surface area contributed by atoms with Crippen molar-refractivity contribution in [1.29, 1.82) is 0 Å². The van der Waals surface area contributed by atoms with Crippen LogP contribution in [0.15, 0.2) is 34.7 Å². The van der Waals surface area contributed by atoms with Gasteiger partial charge in [-0.05, 0) is 19.1 Å². The van der Waals surface area contributed by atoms with Crippen molar-refractivity contribution in [2.75, 3.05) is 26.8 Å². The molecule has 0 radical (unpaired) electrons. The topological polar surface area (TPSA) is 71.8 Å². The van der Waals surface area contributed by atoms with Gasteiger partial charge in [0.2, 0.25) is 11.8 Å². The van der Waals surface area contributed by atoms with Crippen molar-refractivity contribution in [2.24, 2.45) is 5.92 Å². The highest BCUT2D eigenvalue weighted by atomic mass is 16.5. The Labute approximate surface area is 140 Å². The molecule has 0 bridgehead atoms. The van der Waals surface area contributed by atoms with Crippen LogP contribution in [0.1, 0.15) is 25.1 Å². The molecule has 0 saturated carbocycles. The zero-order valence-electron chi connectivity index (χ0n) is 14.0. The molecule has 1 aliphatic rings. The molecular formula is C18H22N2O4. The van der Waals surface area contributed by atoms with Crippen LogP contribution in [0.25, 0.3) is 11.0 Å². The van der Waals surface area contributed by atoms with Crippen molar-refractivity contribution in [3.8, 4) is 0 Å². The van der Waals surface area contributed by atoms with Crippen molar-refractivity contribution >= 4 is 22.8 Å². The lowest BCUT2D eigenvalue weighted by molar-refractivity contribution is -0.129. The van der Waals surface area contributed by atoms with E-state index in [0.717, 1.165) is 11.0 Å². The second-order valence-corrected chi connectivity index (χ2v) is 6.15. The Morgan fingerprint density at radius 1 is 1.46 bits per heavy atom. The zero-order valence-corrected chi connectivity index (χ0v) is 14.0. The van der Waals surface area contributed by atoms with Crippen molar-refractivity contribution in [1.82, 2.24) is 10.2 Å². The molecule has 2 heterocycles. The average molecular weight is 330 g/mol. The van der Waals surface area contributed by atoms with Gasteiger partial charge in [-0.3, -0.25) is 9.59 Å². The molecule has 6 nitrogen and oxygen atoms in total.